The van der Waals surface area contributed by atoms with E-state index in [0.717, 1.165) is 30.5 Å². The first-order valence-corrected chi connectivity index (χ1v) is 8.89. The third kappa shape index (κ3) is 3.15. The Kier molecular flexibility index (Phi) is 4.02. The summed E-state index contributed by atoms with van der Waals surface area (Å²) in [6, 6.07) is 7.31. The summed E-state index contributed by atoms with van der Waals surface area (Å²) in [5.74, 6) is -1.99. The molecule has 0 atom stereocenters. The summed E-state index contributed by atoms with van der Waals surface area (Å²) in [5.41, 5.74) is -1.37. The minimum atomic E-state index is -4.56. The first-order chi connectivity index (χ1) is 12.0. The largest absolute Gasteiger partial charge is 0.416 e. The van der Waals surface area contributed by atoms with E-state index in [2.05, 4.69) is 0 Å². The van der Waals surface area contributed by atoms with Crippen molar-refractivity contribution in [3.05, 3.63) is 59.2 Å². The Hall–Kier alpha value is -2.88. The van der Waals surface area contributed by atoms with Crippen molar-refractivity contribution in [1.29, 1.82) is 0 Å². The molecule has 0 fully saturated rings. The number of anilines is 1. The lowest BCUT2D eigenvalue weighted by Crippen LogP contribution is -2.29. The third-order valence-electron chi connectivity index (χ3n) is 3.57. The van der Waals surface area contributed by atoms with Gasteiger partial charge in [-0.2, -0.15) is 21.6 Å². The van der Waals surface area contributed by atoms with Gasteiger partial charge in [0.25, 0.3) is 11.8 Å². The molecule has 0 unspecified atom stereocenters. The summed E-state index contributed by atoms with van der Waals surface area (Å²) < 4.78 is 65.4. The van der Waals surface area contributed by atoms with Crippen molar-refractivity contribution in [3.8, 4) is 5.75 Å². The van der Waals surface area contributed by atoms with Gasteiger partial charge in [-0.05, 0) is 36.4 Å². The number of nitrogens with zero attached hydrogens (tertiary/aromatic N) is 1. The van der Waals surface area contributed by atoms with E-state index in [0.29, 0.717) is 4.90 Å². The van der Waals surface area contributed by atoms with E-state index in [1.165, 1.54) is 18.2 Å². The molecule has 0 aliphatic carbocycles. The summed E-state index contributed by atoms with van der Waals surface area (Å²) in [6.45, 7) is 0. The highest BCUT2D eigenvalue weighted by Gasteiger charge is 2.40. The summed E-state index contributed by atoms with van der Waals surface area (Å²) in [6.07, 6.45) is -3.78. The van der Waals surface area contributed by atoms with Crippen LogP contribution in [0.3, 0.4) is 0 Å². The van der Waals surface area contributed by atoms with E-state index < -0.39 is 33.7 Å². The molecule has 1 heterocycles. The third-order valence-corrected chi connectivity index (χ3v) is 4.05. The summed E-state index contributed by atoms with van der Waals surface area (Å²) >= 11 is 0. The molecule has 2 amide bonds. The topological polar surface area (TPSA) is 80.8 Å². The molecule has 2 aromatic carbocycles. The van der Waals surface area contributed by atoms with Crippen LogP contribution in [0.2, 0.25) is 0 Å². The molecule has 1 aliphatic heterocycles. The zero-order valence-corrected chi connectivity index (χ0v) is 13.9. The first kappa shape index (κ1) is 17.9. The standard InChI is InChI=1S/C16H10F3NO5S/c1-26(23,24)25-12-4-2-3-11-13(12)15(22)20(14(11)21)10-7-5-9(6-8-10)16(17,18)19/h2-8H,1H3. The number of imide groups is 1. The molecule has 0 aromatic heterocycles. The predicted molar refractivity (Wildman–Crippen MR) is 84.5 cm³/mol. The molecular formula is C16H10F3NO5S. The molecule has 2 aromatic rings. The van der Waals surface area contributed by atoms with Gasteiger partial charge >= 0.3 is 16.3 Å². The average molecular weight is 385 g/mol. The van der Waals surface area contributed by atoms with E-state index in [4.69, 9.17) is 4.18 Å². The Bertz CT molecular complexity index is 1010. The van der Waals surface area contributed by atoms with Crippen LogP contribution in [0.25, 0.3) is 0 Å². The molecule has 136 valence electrons. The number of fused-ring (bicyclic) bond motifs is 1. The molecule has 3 rings (SSSR count). The van der Waals surface area contributed by atoms with E-state index in [9.17, 15) is 31.2 Å². The molecule has 0 saturated heterocycles. The molecule has 0 N–H and O–H groups in total. The van der Waals surface area contributed by atoms with Crippen LogP contribution < -0.4 is 9.08 Å². The fraction of sp³-hybridized carbons (Fsp3) is 0.125. The number of alkyl halides is 3. The minimum Gasteiger partial charge on any atom is -0.382 e. The summed E-state index contributed by atoms with van der Waals surface area (Å²) in [5, 5.41) is 0. The van der Waals surface area contributed by atoms with Gasteiger partial charge in [-0.3, -0.25) is 9.59 Å². The molecule has 26 heavy (non-hydrogen) atoms. The van der Waals surface area contributed by atoms with Crippen LogP contribution in [-0.2, 0) is 16.3 Å². The molecule has 0 spiro atoms. The SMILES string of the molecule is CS(=O)(=O)Oc1cccc2c1C(=O)N(c1ccc(C(F)(F)F)cc1)C2=O. The van der Waals surface area contributed by atoms with Gasteiger partial charge in [-0.25, -0.2) is 4.90 Å². The fourth-order valence-corrected chi connectivity index (χ4v) is 2.99. The van der Waals surface area contributed by atoms with Crippen LogP contribution in [0.1, 0.15) is 26.3 Å². The fourth-order valence-electron chi connectivity index (χ4n) is 2.52. The second kappa shape index (κ2) is 5.84. The highest BCUT2D eigenvalue weighted by Crippen LogP contribution is 2.36. The normalized spacial score (nSPS) is 14.5. The second-order valence-electron chi connectivity index (χ2n) is 5.46. The van der Waals surface area contributed by atoms with Crippen LogP contribution in [0.5, 0.6) is 5.75 Å². The van der Waals surface area contributed by atoms with Crippen molar-refractivity contribution in [1.82, 2.24) is 0 Å². The van der Waals surface area contributed by atoms with E-state index in [-0.39, 0.29) is 22.6 Å². The Morgan fingerprint density at radius 1 is 0.962 bits per heavy atom. The van der Waals surface area contributed by atoms with Crippen molar-refractivity contribution in [2.24, 2.45) is 0 Å². The lowest BCUT2D eigenvalue weighted by molar-refractivity contribution is -0.137. The van der Waals surface area contributed by atoms with Gasteiger partial charge in [0.05, 0.1) is 28.6 Å². The van der Waals surface area contributed by atoms with E-state index in [1.54, 1.807) is 0 Å². The van der Waals surface area contributed by atoms with Crippen LogP contribution in [0, 0.1) is 0 Å². The number of carbonyl (C=O) groups excluding carboxylic acids is 2. The van der Waals surface area contributed by atoms with Gasteiger partial charge in [0.1, 0.15) is 0 Å². The van der Waals surface area contributed by atoms with Crippen LogP contribution in [-0.4, -0.2) is 26.5 Å². The lowest BCUT2D eigenvalue weighted by atomic mass is 10.1. The number of amides is 2. The van der Waals surface area contributed by atoms with E-state index in [1.807, 2.05) is 0 Å². The van der Waals surface area contributed by atoms with Crippen molar-refractivity contribution >= 4 is 27.6 Å². The quantitative estimate of drug-likeness (QED) is 0.600. The van der Waals surface area contributed by atoms with Crippen molar-refractivity contribution in [2.45, 2.75) is 6.18 Å². The van der Waals surface area contributed by atoms with Gasteiger partial charge in [0.2, 0.25) is 0 Å². The van der Waals surface area contributed by atoms with Gasteiger partial charge in [0.15, 0.2) is 5.75 Å². The maximum atomic E-state index is 12.7. The Morgan fingerprint density at radius 2 is 1.58 bits per heavy atom. The van der Waals surface area contributed by atoms with E-state index >= 15 is 0 Å². The maximum absolute atomic E-state index is 12.7. The number of carbonyl (C=O) groups is 2. The highest BCUT2D eigenvalue weighted by molar-refractivity contribution is 7.86. The molecule has 1 aliphatic rings. The Labute approximate surface area is 145 Å². The average Bonchev–Trinajstić information content (AvgIpc) is 2.77. The molecule has 0 radical (unpaired) electrons. The van der Waals surface area contributed by atoms with Gasteiger partial charge in [-0.1, -0.05) is 6.07 Å². The van der Waals surface area contributed by atoms with Gasteiger partial charge in [0, 0.05) is 0 Å². The van der Waals surface area contributed by atoms with Crippen molar-refractivity contribution in [3.63, 3.8) is 0 Å². The molecule has 0 saturated carbocycles. The smallest absolute Gasteiger partial charge is 0.382 e. The zero-order chi connectivity index (χ0) is 19.3. The lowest BCUT2D eigenvalue weighted by Gasteiger charge is -2.15. The minimum absolute atomic E-state index is 0.0745. The predicted octanol–water partition coefficient (Wildman–Crippen LogP) is 2.84. The van der Waals surface area contributed by atoms with Crippen molar-refractivity contribution in [2.75, 3.05) is 11.2 Å². The molecule has 6 nitrogen and oxygen atoms in total. The monoisotopic (exact) mass is 385 g/mol. The van der Waals surface area contributed by atoms with Crippen molar-refractivity contribution < 1.29 is 35.4 Å². The highest BCUT2D eigenvalue weighted by atomic mass is 32.2. The second-order valence-corrected chi connectivity index (χ2v) is 7.03. The maximum Gasteiger partial charge on any atom is 0.416 e. The molecule has 0 bridgehead atoms. The van der Waals surface area contributed by atoms with Gasteiger partial charge < -0.3 is 4.18 Å². The number of halogens is 3. The Balaban J connectivity index is 2.03. The number of hydrogen-bond acceptors (Lipinski definition) is 5. The summed E-state index contributed by atoms with van der Waals surface area (Å²) in [4.78, 5) is 25.8. The molecular weight excluding hydrogens is 375 g/mol. The number of rotatable bonds is 3. The van der Waals surface area contributed by atoms with Crippen LogP contribution in [0.15, 0.2) is 42.5 Å². The molecule has 10 heteroatoms. The summed E-state index contributed by atoms with van der Waals surface area (Å²) in [7, 11) is -3.95. The van der Waals surface area contributed by atoms with Crippen LogP contribution in [0.4, 0.5) is 18.9 Å². The van der Waals surface area contributed by atoms with Crippen LogP contribution >= 0.6 is 0 Å². The number of hydrogen-bond donors (Lipinski definition) is 0. The Morgan fingerprint density at radius 3 is 2.12 bits per heavy atom. The van der Waals surface area contributed by atoms with Gasteiger partial charge in [-0.15, -0.1) is 0 Å². The zero-order valence-electron chi connectivity index (χ0n) is 13.1. The first-order valence-electron chi connectivity index (χ1n) is 7.07. The number of benzene rings is 2.